The quantitative estimate of drug-likeness (QED) is 0.422. The molecule has 2 aromatic heterocycles. The third-order valence-electron chi connectivity index (χ3n) is 3.82. The third kappa shape index (κ3) is 3.85. The average Bonchev–Trinajstić information content (AvgIpc) is 3.27. The predicted molar refractivity (Wildman–Crippen MR) is 111 cm³/mol. The number of amides is 1. The van der Waals surface area contributed by atoms with Crippen LogP contribution in [0.25, 0.3) is 20.9 Å². The zero-order chi connectivity index (χ0) is 18.8. The number of carbonyl (C=O) groups is 1. The molecular weight excluding hydrogens is 402 g/mol. The molecule has 1 amide bonds. The number of benzene rings is 2. The number of halogens is 1. The zero-order valence-electron chi connectivity index (χ0n) is 14.2. The molecule has 27 heavy (non-hydrogen) atoms. The van der Waals surface area contributed by atoms with Crippen LogP contribution < -0.4 is 5.32 Å². The molecule has 1 N–H and O–H groups in total. The molecule has 0 spiro atoms. The highest BCUT2D eigenvalue weighted by Crippen LogP contribution is 2.42. The Morgan fingerprint density at radius 1 is 1.15 bits per heavy atom. The number of nitrogens with one attached hydrogen (secondary N) is 1. The number of hydrogen-bond donors (Lipinski definition) is 1. The van der Waals surface area contributed by atoms with E-state index in [1.807, 2.05) is 54.6 Å². The summed E-state index contributed by atoms with van der Waals surface area (Å²) in [5.41, 5.74) is 0.748. The van der Waals surface area contributed by atoms with Gasteiger partial charge in [-0.2, -0.15) is 0 Å². The molecule has 0 radical (unpaired) electrons. The van der Waals surface area contributed by atoms with Crippen LogP contribution in [0.2, 0.25) is 5.02 Å². The summed E-state index contributed by atoms with van der Waals surface area (Å²) < 4.78 is 6.79. The number of nitrogens with zero attached hydrogens (tertiary/aromatic N) is 2. The van der Waals surface area contributed by atoms with Crippen LogP contribution in [0.1, 0.15) is 6.92 Å². The van der Waals surface area contributed by atoms with Crippen LogP contribution in [-0.4, -0.2) is 21.4 Å². The number of thioether (sulfide) groups is 1. The normalized spacial score (nSPS) is 12.2. The molecule has 5 nitrogen and oxygen atoms in total. The summed E-state index contributed by atoms with van der Waals surface area (Å²) in [7, 11) is 0. The second kappa shape index (κ2) is 7.72. The van der Waals surface area contributed by atoms with Gasteiger partial charge in [0.2, 0.25) is 5.91 Å². The van der Waals surface area contributed by atoms with Gasteiger partial charge in [0.1, 0.15) is 4.88 Å². The first-order valence-corrected chi connectivity index (χ1v) is 10.2. The van der Waals surface area contributed by atoms with Gasteiger partial charge in [0.05, 0.1) is 10.3 Å². The summed E-state index contributed by atoms with van der Waals surface area (Å²) in [5, 5.41) is 12.5. The van der Waals surface area contributed by atoms with Crippen molar-refractivity contribution < 1.29 is 9.21 Å². The Morgan fingerprint density at radius 2 is 1.89 bits per heavy atom. The maximum Gasteiger partial charge on any atom is 0.277 e. The van der Waals surface area contributed by atoms with E-state index in [9.17, 15) is 4.79 Å². The lowest BCUT2D eigenvalue weighted by Crippen LogP contribution is -2.22. The number of rotatable bonds is 5. The SMILES string of the molecule is CC(Sc1nnc(-c2sc3ccccc3c2Cl)o1)C(=O)Nc1ccccc1. The number of thiophene rings is 1. The molecule has 4 rings (SSSR count). The Morgan fingerprint density at radius 3 is 2.67 bits per heavy atom. The minimum absolute atomic E-state index is 0.133. The van der Waals surface area contributed by atoms with Crippen molar-refractivity contribution >= 4 is 56.4 Å². The van der Waals surface area contributed by atoms with Crippen molar-refractivity contribution in [1.29, 1.82) is 0 Å². The minimum Gasteiger partial charge on any atom is -0.410 e. The van der Waals surface area contributed by atoms with Crippen LogP contribution in [-0.2, 0) is 4.79 Å². The molecule has 0 saturated heterocycles. The van der Waals surface area contributed by atoms with Gasteiger partial charge in [-0.1, -0.05) is 59.8 Å². The topological polar surface area (TPSA) is 68.0 Å². The number of fused-ring (bicyclic) bond motifs is 1. The highest BCUT2D eigenvalue weighted by molar-refractivity contribution is 8.00. The lowest BCUT2D eigenvalue weighted by atomic mass is 10.2. The van der Waals surface area contributed by atoms with Crippen molar-refractivity contribution in [2.45, 2.75) is 17.4 Å². The van der Waals surface area contributed by atoms with E-state index in [0.29, 0.717) is 16.1 Å². The van der Waals surface area contributed by atoms with E-state index in [4.69, 9.17) is 16.0 Å². The maximum atomic E-state index is 12.3. The molecule has 4 aromatic rings. The molecular formula is C19H14ClN3O2S2. The van der Waals surface area contributed by atoms with Crippen LogP contribution in [0.4, 0.5) is 5.69 Å². The van der Waals surface area contributed by atoms with Crippen molar-refractivity contribution in [3.8, 4) is 10.8 Å². The van der Waals surface area contributed by atoms with Gasteiger partial charge < -0.3 is 9.73 Å². The van der Waals surface area contributed by atoms with Crippen LogP contribution in [0, 0.1) is 0 Å². The van der Waals surface area contributed by atoms with Crippen LogP contribution in [0.5, 0.6) is 0 Å². The van der Waals surface area contributed by atoms with Gasteiger partial charge in [-0.3, -0.25) is 4.79 Å². The Kier molecular flexibility index (Phi) is 5.15. The largest absolute Gasteiger partial charge is 0.410 e. The molecule has 1 unspecified atom stereocenters. The van der Waals surface area contributed by atoms with Crippen LogP contribution in [0.3, 0.4) is 0 Å². The fourth-order valence-corrected chi connectivity index (χ4v) is 4.59. The van der Waals surface area contributed by atoms with E-state index >= 15 is 0 Å². The standard InChI is InChI=1S/C19H14ClN3O2S2/c1-11(17(24)21-12-7-3-2-4-8-12)26-19-23-22-18(25-19)16-15(20)13-9-5-6-10-14(13)27-16/h2-11H,1H3,(H,21,24). The molecule has 0 aliphatic rings. The van der Waals surface area contributed by atoms with E-state index in [-0.39, 0.29) is 5.91 Å². The molecule has 2 heterocycles. The number of para-hydroxylation sites is 1. The zero-order valence-corrected chi connectivity index (χ0v) is 16.6. The fraction of sp³-hybridized carbons (Fsp3) is 0.105. The highest BCUT2D eigenvalue weighted by Gasteiger charge is 2.21. The number of anilines is 1. The minimum atomic E-state index is -0.392. The van der Waals surface area contributed by atoms with E-state index < -0.39 is 5.25 Å². The molecule has 0 bridgehead atoms. The van der Waals surface area contributed by atoms with E-state index in [0.717, 1.165) is 20.7 Å². The predicted octanol–water partition coefficient (Wildman–Crippen LogP) is 5.72. The average molecular weight is 416 g/mol. The first kappa shape index (κ1) is 18.0. The van der Waals surface area contributed by atoms with E-state index in [2.05, 4.69) is 15.5 Å². The molecule has 2 aromatic carbocycles. The molecule has 0 saturated carbocycles. The first-order chi connectivity index (χ1) is 13.1. The summed E-state index contributed by atoms with van der Waals surface area (Å²) >= 11 is 9.17. The molecule has 0 aliphatic carbocycles. The van der Waals surface area contributed by atoms with Crippen molar-refractivity contribution in [3.63, 3.8) is 0 Å². The number of carbonyl (C=O) groups excluding carboxylic acids is 1. The van der Waals surface area contributed by atoms with Gasteiger partial charge in [0, 0.05) is 15.8 Å². The summed E-state index contributed by atoms with van der Waals surface area (Å²) in [5.74, 6) is 0.227. The van der Waals surface area contributed by atoms with Crippen molar-refractivity contribution in [2.75, 3.05) is 5.32 Å². The molecule has 1 atom stereocenters. The van der Waals surface area contributed by atoms with E-state index in [1.165, 1.54) is 23.1 Å². The first-order valence-electron chi connectivity index (χ1n) is 8.15. The Labute approximate surface area is 168 Å². The maximum absolute atomic E-state index is 12.3. The van der Waals surface area contributed by atoms with E-state index in [1.54, 1.807) is 6.92 Å². The molecule has 136 valence electrons. The van der Waals surface area contributed by atoms with Gasteiger partial charge in [0.25, 0.3) is 11.1 Å². The Hall–Kier alpha value is -2.35. The molecule has 8 heteroatoms. The highest BCUT2D eigenvalue weighted by atomic mass is 35.5. The summed E-state index contributed by atoms with van der Waals surface area (Å²) in [6, 6.07) is 17.2. The van der Waals surface area contributed by atoms with Gasteiger partial charge in [-0.05, 0) is 25.1 Å². The van der Waals surface area contributed by atoms with Crippen molar-refractivity contribution in [1.82, 2.24) is 10.2 Å². The molecule has 0 fully saturated rings. The van der Waals surface area contributed by atoms with Crippen LogP contribution >= 0.6 is 34.7 Å². The second-order valence-corrected chi connectivity index (χ2v) is 8.45. The third-order valence-corrected chi connectivity index (χ3v) is 6.42. The summed E-state index contributed by atoms with van der Waals surface area (Å²) in [6.07, 6.45) is 0. The molecule has 0 aliphatic heterocycles. The van der Waals surface area contributed by atoms with Gasteiger partial charge in [-0.25, -0.2) is 0 Å². The van der Waals surface area contributed by atoms with Gasteiger partial charge >= 0.3 is 0 Å². The number of hydrogen-bond acceptors (Lipinski definition) is 6. The van der Waals surface area contributed by atoms with Crippen molar-refractivity contribution in [2.24, 2.45) is 0 Å². The van der Waals surface area contributed by atoms with Gasteiger partial charge in [0.15, 0.2) is 0 Å². The Bertz CT molecular complexity index is 1090. The second-order valence-electron chi connectivity index (χ2n) is 5.73. The number of aromatic nitrogens is 2. The fourth-order valence-electron chi connectivity index (χ4n) is 2.47. The van der Waals surface area contributed by atoms with Crippen LogP contribution in [0.15, 0.2) is 64.2 Å². The summed E-state index contributed by atoms with van der Waals surface area (Å²) in [4.78, 5) is 13.1. The van der Waals surface area contributed by atoms with Crippen molar-refractivity contribution in [3.05, 3.63) is 59.6 Å². The smallest absolute Gasteiger partial charge is 0.277 e. The lowest BCUT2D eigenvalue weighted by Gasteiger charge is -2.09. The lowest BCUT2D eigenvalue weighted by molar-refractivity contribution is -0.115. The Balaban J connectivity index is 1.49. The van der Waals surface area contributed by atoms with Gasteiger partial charge in [-0.15, -0.1) is 21.5 Å². The monoisotopic (exact) mass is 415 g/mol. The summed E-state index contributed by atoms with van der Waals surface area (Å²) in [6.45, 7) is 1.79.